The standard InChI is InChI=1S/C30H32F7N7O2S/c1-16-12-21(38)39-26(23(16)29(32,33)34)22-20(47-30(35,36)37)13-19-25(24(22)31)40-28(46-15-18-6-4-7-42(18)3)41-27(19)44-10-9-43(8-5-11-45)14-17(44)2/h5,8,11-13,17-18H,4,6-7,9-10,14-15H2,1-3H3,(H2,38,39)/t17-,18-/m0/s1. The topological polar surface area (TPSA) is 101 Å². The van der Waals surface area contributed by atoms with Gasteiger partial charge in [-0.3, -0.25) is 4.79 Å². The number of hydrogen-bond donors (Lipinski definition) is 1. The maximum absolute atomic E-state index is 16.8. The van der Waals surface area contributed by atoms with E-state index in [1.54, 1.807) is 11.1 Å². The van der Waals surface area contributed by atoms with Crippen LogP contribution in [0.4, 0.5) is 42.4 Å². The van der Waals surface area contributed by atoms with E-state index < -0.39 is 67.9 Å². The molecule has 5 rings (SSSR count). The van der Waals surface area contributed by atoms with Gasteiger partial charge in [-0.1, -0.05) is 0 Å². The van der Waals surface area contributed by atoms with Crippen LogP contribution in [0.25, 0.3) is 22.2 Å². The Labute approximate surface area is 270 Å². The summed E-state index contributed by atoms with van der Waals surface area (Å²) in [4.78, 5) is 28.1. The Kier molecular flexibility index (Phi) is 9.78. The van der Waals surface area contributed by atoms with Crippen molar-refractivity contribution in [3.63, 3.8) is 0 Å². The third kappa shape index (κ3) is 7.50. The number of fused-ring (bicyclic) bond motifs is 1. The number of pyridine rings is 1. The lowest BCUT2D eigenvalue weighted by Gasteiger charge is -2.40. The Morgan fingerprint density at radius 3 is 2.47 bits per heavy atom. The monoisotopic (exact) mass is 687 g/mol. The van der Waals surface area contributed by atoms with Crippen molar-refractivity contribution < 1.29 is 40.3 Å². The van der Waals surface area contributed by atoms with Gasteiger partial charge in [0.1, 0.15) is 30.0 Å². The van der Waals surface area contributed by atoms with Crippen molar-refractivity contribution >= 4 is 40.6 Å². The van der Waals surface area contributed by atoms with Crippen LogP contribution in [0.5, 0.6) is 6.01 Å². The minimum Gasteiger partial charge on any atom is -0.462 e. The molecule has 3 aromatic rings. The highest BCUT2D eigenvalue weighted by molar-refractivity contribution is 8.00. The molecule has 9 nitrogen and oxygen atoms in total. The summed E-state index contributed by atoms with van der Waals surface area (Å²) >= 11 is -0.770. The van der Waals surface area contributed by atoms with Gasteiger partial charge in [0.15, 0.2) is 5.82 Å². The first-order valence-electron chi connectivity index (χ1n) is 14.7. The summed E-state index contributed by atoms with van der Waals surface area (Å²) in [5.74, 6) is -1.83. The Bertz CT molecular complexity index is 1690. The van der Waals surface area contributed by atoms with Gasteiger partial charge < -0.3 is 25.2 Å². The molecule has 2 aromatic heterocycles. The smallest absolute Gasteiger partial charge is 0.446 e. The number of carbonyl (C=O) groups is 1. The number of aryl methyl sites for hydroxylation is 1. The molecule has 2 atom stereocenters. The second kappa shape index (κ2) is 13.3. The third-order valence-corrected chi connectivity index (χ3v) is 8.99. The van der Waals surface area contributed by atoms with Gasteiger partial charge in [-0.2, -0.15) is 36.3 Å². The zero-order valence-electron chi connectivity index (χ0n) is 25.6. The average molecular weight is 688 g/mol. The van der Waals surface area contributed by atoms with Crippen molar-refractivity contribution in [3.05, 3.63) is 41.4 Å². The molecule has 2 saturated heterocycles. The highest BCUT2D eigenvalue weighted by Gasteiger charge is 2.41. The summed E-state index contributed by atoms with van der Waals surface area (Å²) < 4.78 is 108. The van der Waals surface area contributed by atoms with Crippen LogP contribution in [0.3, 0.4) is 0 Å². The second-order valence-electron chi connectivity index (χ2n) is 11.5. The fourth-order valence-electron chi connectivity index (χ4n) is 6.07. The molecular formula is C30H32F7N7O2S. The highest BCUT2D eigenvalue weighted by Crippen LogP contribution is 2.49. The molecule has 2 N–H and O–H groups in total. The summed E-state index contributed by atoms with van der Waals surface area (Å²) in [5.41, 5.74) is -3.77. The second-order valence-corrected chi connectivity index (χ2v) is 12.6. The lowest BCUT2D eigenvalue weighted by atomic mass is 9.98. The van der Waals surface area contributed by atoms with E-state index in [1.165, 1.54) is 6.08 Å². The number of hydrogen-bond acceptors (Lipinski definition) is 10. The van der Waals surface area contributed by atoms with Crippen LogP contribution in [0.15, 0.2) is 29.3 Å². The van der Waals surface area contributed by atoms with E-state index in [9.17, 15) is 31.1 Å². The number of carbonyl (C=O) groups excluding carboxylic acids is 1. The van der Waals surface area contributed by atoms with Crippen molar-refractivity contribution in [3.8, 4) is 17.3 Å². The van der Waals surface area contributed by atoms with Crippen molar-refractivity contribution in [1.29, 1.82) is 0 Å². The number of allylic oxidation sites excluding steroid dienone is 1. The minimum absolute atomic E-state index is 0.00426. The van der Waals surface area contributed by atoms with E-state index >= 15 is 4.39 Å². The number of halogens is 7. The molecule has 1 aromatic carbocycles. The van der Waals surface area contributed by atoms with Gasteiger partial charge in [-0.25, -0.2) is 9.37 Å². The molecule has 2 fully saturated rings. The van der Waals surface area contributed by atoms with Crippen LogP contribution < -0.4 is 15.4 Å². The molecule has 2 aliphatic heterocycles. The molecule has 17 heteroatoms. The number of benzene rings is 1. The van der Waals surface area contributed by atoms with Gasteiger partial charge in [0.05, 0.1) is 16.8 Å². The number of nitrogens with zero attached hydrogens (tertiary/aromatic N) is 6. The van der Waals surface area contributed by atoms with Crippen LogP contribution in [0.1, 0.15) is 30.9 Å². The maximum Gasteiger partial charge on any atom is 0.446 e. The molecule has 0 spiro atoms. The van der Waals surface area contributed by atoms with Crippen LogP contribution in [0.2, 0.25) is 0 Å². The molecule has 0 amide bonds. The fourth-order valence-corrected chi connectivity index (χ4v) is 6.78. The Balaban J connectivity index is 1.75. The van der Waals surface area contributed by atoms with E-state index in [-0.39, 0.29) is 42.4 Å². The predicted octanol–water partition coefficient (Wildman–Crippen LogP) is 6.05. The molecule has 254 valence electrons. The summed E-state index contributed by atoms with van der Waals surface area (Å²) in [6.07, 6.45) is 0.207. The Morgan fingerprint density at radius 1 is 1.11 bits per heavy atom. The molecule has 0 saturated carbocycles. The van der Waals surface area contributed by atoms with Gasteiger partial charge in [-0.05, 0) is 75.8 Å². The summed E-state index contributed by atoms with van der Waals surface area (Å²) in [5, 5.41) is -0.152. The van der Waals surface area contributed by atoms with Crippen molar-refractivity contribution in [2.24, 2.45) is 0 Å². The number of nitrogens with two attached hydrogens (primary N) is 1. The molecular weight excluding hydrogens is 655 g/mol. The minimum atomic E-state index is -5.10. The van der Waals surface area contributed by atoms with E-state index in [2.05, 4.69) is 19.9 Å². The Morgan fingerprint density at radius 2 is 1.85 bits per heavy atom. The number of rotatable bonds is 8. The number of likely N-dealkylation sites (tertiary alicyclic amines) is 1. The van der Waals surface area contributed by atoms with Crippen molar-refractivity contribution in [2.45, 2.75) is 55.4 Å². The van der Waals surface area contributed by atoms with Crippen LogP contribution in [-0.2, 0) is 11.0 Å². The summed E-state index contributed by atoms with van der Waals surface area (Å²) in [6.45, 7) is 4.88. The van der Waals surface area contributed by atoms with E-state index in [0.717, 1.165) is 38.4 Å². The average Bonchev–Trinajstić information content (AvgIpc) is 3.37. The predicted molar refractivity (Wildman–Crippen MR) is 164 cm³/mol. The number of anilines is 2. The lowest BCUT2D eigenvalue weighted by Crippen LogP contribution is -2.50. The van der Waals surface area contributed by atoms with Gasteiger partial charge in [-0.15, -0.1) is 0 Å². The normalized spacial score (nSPS) is 19.7. The Hall–Kier alpha value is -3.86. The highest BCUT2D eigenvalue weighted by atomic mass is 32.2. The number of ether oxygens (including phenoxy) is 1. The number of aromatic nitrogens is 3. The number of nitrogen functional groups attached to an aromatic ring is 1. The van der Waals surface area contributed by atoms with E-state index in [1.807, 2.05) is 18.9 Å². The first kappa shape index (κ1) is 34.5. The van der Waals surface area contributed by atoms with Crippen LogP contribution in [0, 0.1) is 12.7 Å². The van der Waals surface area contributed by atoms with E-state index in [4.69, 9.17) is 10.5 Å². The molecule has 0 radical (unpaired) electrons. The molecule has 4 heterocycles. The number of alkyl halides is 6. The molecule has 0 unspecified atom stereocenters. The number of piperazine rings is 1. The van der Waals surface area contributed by atoms with Gasteiger partial charge >= 0.3 is 17.7 Å². The summed E-state index contributed by atoms with van der Waals surface area (Å²) in [7, 11) is 1.92. The van der Waals surface area contributed by atoms with Crippen molar-refractivity contribution in [1.82, 2.24) is 24.8 Å². The fraction of sp³-hybridized carbons (Fsp3) is 0.467. The zero-order chi connectivity index (χ0) is 34.3. The third-order valence-electron chi connectivity index (χ3n) is 8.22. The molecule has 0 bridgehead atoms. The molecule has 0 aliphatic carbocycles. The number of thioether (sulfide) groups is 1. The molecule has 47 heavy (non-hydrogen) atoms. The first-order valence-corrected chi connectivity index (χ1v) is 15.5. The zero-order valence-corrected chi connectivity index (χ0v) is 26.4. The van der Waals surface area contributed by atoms with E-state index in [0.29, 0.717) is 19.4 Å². The van der Waals surface area contributed by atoms with Gasteiger partial charge in [0, 0.05) is 48.2 Å². The number of aldehydes is 1. The van der Waals surface area contributed by atoms with Crippen molar-refractivity contribution in [2.75, 3.05) is 50.5 Å². The van der Waals surface area contributed by atoms with Gasteiger partial charge in [0.2, 0.25) is 0 Å². The number of likely N-dealkylation sites (N-methyl/N-ethyl adjacent to an activating group) is 1. The summed E-state index contributed by atoms with van der Waals surface area (Å²) in [6, 6.07) is 1.24. The van der Waals surface area contributed by atoms with Crippen LogP contribution in [-0.4, -0.2) is 88.5 Å². The first-order chi connectivity index (χ1) is 22.1. The quantitative estimate of drug-likeness (QED) is 0.131. The SMILES string of the molecule is Cc1cc(N)nc(-c2c(SC(F)(F)F)cc3c(N4CCN(C=CC=O)C[C@@H]4C)nc(OC[C@@H]4CCCN4C)nc3c2F)c1C(F)(F)F. The molecule has 2 aliphatic rings. The largest absolute Gasteiger partial charge is 0.462 e. The van der Waals surface area contributed by atoms with Crippen LogP contribution >= 0.6 is 11.8 Å². The van der Waals surface area contributed by atoms with Gasteiger partial charge in [0.25, 0.3) is 0 Å². The lowest BCUT2D eigenvalue weighted by molar-refractivity contribution is -0.137. The maximum atomic E-state index is 16.8.